The highest BCUT2D eigenvalue weighted by molar-refractivity contribution is 6.24. The zero-order chi connectivity index (χ0) is 12.1. The SMILES string of the molecule is CNC(=O)/C=[N+](\[O-])c1ccccc1[N+](=O)[O-]. The van der Waals surface area contributed by atoms with E-state index in [-0.39, 0.29) is 16.1 Å². The van der Waals surface area contributed by atoms with E-state index in [2.05, 4.69) is 5.32 Å². The molecule has 0 saturated carbocycles. The standard InChI is InChI=1S/C9H9N3O4/c1-10-9(13)6-11(14)7-4-2-3-5-8(7)12(15)16/h2-6H,1H3,(H,10,13)/b11-6-. The summed E-state index contributed by atoms with van der Waals surface area (Å²) in [6.45, 7) is 0. The lowest BCUT2D eigenvalue weighted by Crippen LogP contribution is -2.22. The Morgan fingerprint density at radius 1 is 1.31 bits per heavy atom. The molecule has 0 spiro atoms. The molecular formula is C9H9N3O4. The average Bonchev–Trinajstić information content (AvgIpc) is 2.28. The van der Waals surface area contributed by atoms with E-state index >= 15 is 0 Å². The topological polar surface area (TPSA) is 98.3 Å². The van der Waals surface area contributed by atoms with Gasteiger partial charge in [-0.05, 0) is 0 Å². The summed E-state index contributed by atoms with van der Waals surface area (Å²) in [6, 6.07) is 5.38. The van der Waals surface area contributed by atoms with E-state index in [9.17, 15) is 20.1 Å². The molecule has 1 N–H and O–H groups in total. The molecule has 16 heavy (non-hydrogen) atoms. The molecular weight excluding hydrogens is 214 g/mol. The maximum absolute atomic E-state index is 11.4. The van der Waals surface area contributed by atoms with Gasteiger partial charge in [0.1, 0.15) is 0 Å². The van der Waals surface area contributed by atoms with Crippen LogP contribution in [0.4, 0.5) is 11.4 Å². The zero-order valence-electron chi connectivity index (χ0n) is 8.41. The first-order valence-electron chi connectivity index (χ1n) is 4.32. The summed E-state index contributed by atoms with van der Waals surface area (Å²) in [7, 11) is 1.35. The third-order valence-electron chi connectivity index (χ3n) is 1.80. The van der Waals surface area contributed by atoms with Crippen molar-refractivity contribution in [3.63, 3.8) is 0 Å². The highest BCUT2D eigenvalue weighted by atomic mass is 16.6. The van der Waals surface area contributed by atoms with Crippen LogP contribution in [0.3, 0.4) is 0 Å². The van der Waals surface area contributed by atoms with Gasteiger partial charge in [0.25, 0.3) is 5.69 Å². The monoisotopic (exact) mass is 223 g/mol. The Morgan fingerprint density at radius 2 is 1.88 bits per heavy atom. The van der Waals surface area contributed by atoms with Crippen molar-refractivity contribution >= 4 is 23.5 Å². The van der Waals surface area contributed by atoms with Crippen LogP contribution in [0.15, 0.2) is 24.3 Å². The van der Waals surface area contributed by atoms with Gasteiger partial charge in [-0.2, -0.15) is 4.74 Å². The fourth-order valence-electron chi connectivity index (χ4n) is 1.05. The van der Waals surface area contributed by atoms with Crippen LogP contribution in [0.5, 0.6) is 0 Å². The number of benzene rings is 1. The maximum atomic E-state index is 11.4. The Labute approximate surface area is 90.7 Å². The molecule has 0 aliphatic heterocycles. The first-order valence-corrected chi connectivity index (χ1v) is 4.32. The fourth-order valence-corrected chi connectivity index (χ4v) is 1.05. The first-order chi connectivity index (χ1) is 7.56. The molecule has 0 aromatic heterocycles. The molecule has 0 atom stereocenters. The number of nitro groups is 1. The minimum absolute atomic E-state index is 0.164. The number of hydrogen-bond acceptors (Lipinski definition) is 4. The number of amides is 1. The predicted octanol–water partition coefficient (Wildman–Crippen LogP) is 0.553. The van der Waals surface area contributed by atoms with E-state index in [4.69, 9.17) is 0 Å². The average molecular weight is 223 g/mol. The lowest BCUT2D eigenvalue weighted by atomic mass is 10.3. The maximum Gasteiger partial charge on any atom is 0.341 e. The van der Waals surface area contributed by atoms with E-state index in [1.807, 2.05) is 0 Å². The van der Waals surface area contributed by atoms with E-state index in [0.717, 1.165) is 0 Å². The molecule has 0 bridgehead atoms. The van der Waals surface area contributed by atoms with E-state index in [1.54, 1.807) is 0 Å². The Balaban J connectivity index is 3.18. The third kappa shape index (κ3) is 2.53. The highest BCUT2D eigenvalue weighted by Gasteiger charge is 2.19. The number of nitrogens with zero attached hydrogens (tertiary/aromatic N) is 2. The number of para-hydroxylation sites is 2. The summed E-state index contributed by atoms with van der Waals surface area (Å²) in [5.74, 6) is -0.631. The minimum atomic E-state index is -0.683. The van der Waals surface area contributed by atoms with Crippen LogP contribution in [0, 0.1) is 15.3 Å². The van der Waals surface area contributed by atoms with Gasteiger partial charge in [0.15, 0.2) is 0 Å². The predicted molar refractivity (Wildman–Crippen MR) is 56.5 cm³/mol. The number of carbonyl (C=O) groups excluding carboxylic acids is 1. The van der Waals surface area contributed by atoms with Crippen molar-refractivity contribution in [2.45, 2.75) is 0 Å². The van der Waals surface area contributed by atoms with Gasteiger partial charge in [-0.3, -0.25) is 14.9 Å². The second-order valence-corrected chi connectivity index (χ2v) is 2.81. The van der Waals surface area contributed by atoms with Crippen molar-refractivity contribution in [3.05, 3.63) is 39.6 Å². The Hall–Kier alpha value is -2.44. The molecule has 1 amide bonds. The quantitative estimate of drug-likeness (QED) is 0.266. The molecule has 0 unspecified atom stereocenters. The molecule has 1 rings (SSSR count). The van der Waals surface area contributed by atoms with Gasteiger partial charge < -0.3 is 10.5 Å². The number of nitro benzene ring substituents is 1. The van der Waals surface area contributed by atoms with E-state index < -0.39 is 10.8 Å². The van der Waals surface area contributed by atoms with Crippen LogP contribution in [0.2, 0.25) is 0 Å². The van der Waals surface area contributed by atoms with Gasteiger partial charge in [-0.25, -0.2) is 0 Å². The van der Waals surface area contributed by atoms with Crippen molar-refractivity contribution in [3.8, 4) is 0 Å². The fraction of sp³-hybridized carbons (Fsp3) is 0.111. The minimum Gasteiger partial charge on any atom is -0.618 e. The molecule has 1 aromatic rings. The van der Waals surface area contributed by atoms with E-state index in [0.29, 0.717) is 6.21 Å². The third-order valence-corrected chi connectivity index (χ3v) is 1.80. The number of rotatable bonds is 3. The normalized spacial score (nSPS) is 10.9. The first kappa shape index (κ1) is 11.6. The van der Waals surface area contributed by atoms with Crippen LogP contribution in [-0.2, 0) is 4.79 Å². The Kier molecular flexibility index (Phi) is 3.54. The van der Waals surface area contributed by atoms with Crippen LogP contribution in [0.1, 0.15) is 0 Å². The molecule has 0 aliphatic carbocycles. The molecule has 0 radical (unpaired) electrons. The highest BCUT2D eigenvalue weighted by Crippen LogP contribution is 2.24. The molecule has 0 saturated heterocycles. The summed E-state index contributed by atoms with van der Waals surface area (Å²) < 4.78 is 0.164. The van der Waals surface area contributed by atoms with Gasteiger partial charge in [-0.15, -0.1) is 0 Å². The summed E-state index contributed by atoms with van der Waals surface area (Å²) in [6.07, 6.45) is 0.697. The molecule has 0 aliphatic rings. The summed E-state index contributed by atoms with van der Waals surface area (Å²) in [4.78, 5) is 20.8. The van der Waals surface area contributed by atoms with Crippen molar-refractivity contribution in [2.75, 3.05) is 7.05 Å². The van der Waals surface area contributed by atoms with Gasteiger partial charge in [0.2, 0.25) is 6.21 Å². The number of nitrogens with one attached hydrogen (secondary N) is 1. The molecule has 1 aromatic carbocycles. The van der Waals surface area contributed by atoms with Crippen LogP contribution in [0.25, 0.3) is 0 Å². The summed E-state index contributed by atoms with van der Waals surface area (Å²) in [5, 5.41) is 24.3. The van der Waals surface area contributed by atoms with Gasteiger partial charge >= 0.3 is 11.6 Å². The lowest BCUT2D eigenvalue weighted by Gasteiger charge is -2.02. The molecule has 84 valence electrons. The summed E-state index contributed by atoms with van der Waals surface area (Å²) >= 11 is 0. The molecule has 7 heteroatoms. The molecule has 7 nitrogen and oxygen atoms in total. The molecule has 0 fully saturated rings. The number of hydrogen-bond donors (Lipinski definition) is 1. The largest absolute Gasteiger partial charge is 0.618 e. The second-order valence-electron chi connectivity index (χ2n) is 2.81. The Bertz CT molecular complexity index is 456. The molecule has 0 heterocycles. The smallest absolute Gasteiger partial charge is 0.341 e. The zero-order valence-corrected chi connectivity index (χ0v) is 8.41. The van der Waals surface area contributed by atoms with Crippen molar-refractivity contribution in [2.24, 2.45) is 0 Å². The van der Waals surface area contributed by atoms with Crippen LogP contribution in [-0.4, -0.2) is 28.8 Å². The second kappa shape index (κ2) is 4.87. The number of carbonyl (C=O) groups is 1. The van der Waals surface area contributed by atoms with Crippen molar-refractivity contribution in [1.29, 1.82) is 0 Å². The van der Waals surface area contributed by atoms with Gasteiger partial charge in [0.05, 0.1) is 4.92 Å². The van der Waals surface area contributed by atoms with Crippen LogP contribution < -0.4 is 5.32 Å². The Morgan fingerprint density at radius 3 is 2.38 bits per heavy atom. The van der Waals surface area contributed by atoms with Crippen LogP contribution >= 0.6 is 0 Å². The van der Waals surface area contributed by atoms with Gasteiger partial charge in [0, 0.05) is 19.2 Å². The lowest BCUT2D eigenvalue weighted by molar-refractivity contribution is -0.410. The summed E-state index contributed by atoms with van der Waals surface area (Å²) in [5.41, 5.74) is -0.534. The van der Waals surface area contributed by atoms with Crippen molar-refractivity contribution < 1.29 is 14.5 Å². The van der Waals surface area contributed by atoms with E-state index in [1.165, 1.54) is 31.3 Å². The van der Waals surface area contributed by atoms with Crippen molar-refractivity contribution in [1.82, 2.24) is 5.32 Å². The van der Waals surface area contributed by atoms with Gasteiger partial charge in [-0.1, -0.05) is 12.1 Å².